The summed E-state index contributed by atoms with van der Waals surface area (Å²) in [6.07, 6.45) is 1.96. The smallest absolute Gasteiger partial charge is 0.0951 e. The van der Waals surface area contributed by atoms with E-state index in [2.05, 4.69) is 5.48 Å². The predicted molar refractivity (Wildman–Crippen MR) is 47.9 cm³/mol. The minimum atomic E-state index is 0.601. The Balaban J connectivity index is 2.39. The van der Waals surface area contributed by atoms with Crippen molar-refractivity contribution in [2.75, 3.05) is 12.3 Å². The fraction of sp³-hybridized carbons (Fsp3) is 0.111. The molecular formula is C9H10N2O. The lowest BCUT2D eigenvalue weighted by Crippen LogP contribution is -2.06. The molecule has 1 aromatic carbocycles. The van der Waals surface area contributed by atoms with Crippen molar-refractivity contribution in [1.29, 1.82) is 0 Å². The zero-order valence-electron chi connectivity index (χ0n) is 6.58. The lowest BCUT2D eigenvalue weighted by atomic mass is 10.1. The predicted octanol–water partition coefficient (Wildman–Crippen LogP) is 1.14. The topological polar surface area (TPSA) is 47.3 Å². The molecule has 1 aliphatic rings. The van der Waals surface area contributed by atoms with E-state index in [-0.39, 0.29) is 0 Å². The number of nitrogens with two attached hydrogens (primary N) is 1. The van der Waals surface area contributed by atoms with Gasteiger partial charge in [-0.15, -0.1) is 0 Å². The third kappa shape index (κ3) is 1.14. The first-order valence-electron chi connectivity index (χ1n) is 3.81. The largest absolute Gasteiger partial charge is 0.398 e. The molecule has 3 heteroatoms. The van der Waals surface area contributed by atoms with Gasteiger partial charge in [-0.3, -0.25) is 10.3 Å². The zero-order valence-corrected chi connectivity index (χ0v) is 6.58. The number of hydrogen-bond acceptors (Lipinski definition) is 3. The molecule has 0 aromatic heterocycles. The highest BCUT2D eigenvalue weighted by molar-refractivity contribution is 5.73. The molecule has 0 saturated carbocycles. The Labute approximate surface area is 70.8 Å². The first kappa shape index (κ1) is 7.18. The number of hydrogen-bond donors (Lipinski definition) is 2. The van der Waals surface area contributed by atoms with Crippen LogP contribution in [0.2, 0.25) is 0 Å². The number of anilines is 1. The third-order valence-corrected chi connectivity index (χ3v) is 1.80. The minimum Gasteiger partial charge on any atom is -0.398 e. The Morgan fingerprint density at radius 1 is 1.33 bits per heavy atom. The van der Waals surface area contributed by atoms with E-state index in [4.69, 9.17) is 10.6 Å². The summed E-state index contributed by atoms with van der Waals surface area (Å²) >= 11 is 0. The van der Waals surface area contributed by atoms with Gasteiger partial charge in [0.15, 0.2) is 0 Å². The van der Waals surface area contributed by atoms with Crippen molar-refractivity contribution in [3.05, 3.63) is 35.9 Å². The van der Waals surface area contributed by atoms with E-state index in [1.165, 1.54) is 0 Å². The molecule has 0 unspecified atom stereocenters. The van der Waals surface area contributed by atoms with Gasteiger partial charge >= 0.3 is 0 Å². The van der Waals surface area contributed by atoms with Crippen molar-refractivity contribution in [1.82, 2.24) is 5.48 Å². The van der Waals surface area contributed by atoms with Crippen LogP contribution in [-0.4, -0.2) is 6.61 Å². The second-order valence-corrected chi connectivity index (χ2v) is 2.62. The highest BCUT2D eigenvalue weighted by Crippen LogP contribution is 2.20. The first-order chi connectivity index (χ1) is 5.88. The van der Waals surface area contributed by atoms with E-state index < -0.39 is 0 Å². The van der Waals surface area contributed by atoms with Crippen molar-refractivity contribution in [3.8, 4) is 0 Å². The highest BCUT2D eigenvalue weighted by Gasteiger charge is 2.08. The SMILES string of the molecule is Nc1ccccc1C1=CCON1. The summed E-state index contributed by atoms with van der Waals surface area (Å²) in [6, 6.07) is 7.70. The van der Waals surface area contributed by atoms with E-state index >= 15 is 0 Å². The van der Waals surface area contributed by atoms with Crippen LogP contribution in [0.5, 0.6) is 0 Å². The zero-order chi connectivity index (χ0) is 8.39. The van der Waals surface area contributed by atoms with Gasteiger partial charge in [0.2, 0.25) is 0 Å². The maximum atomic E-state index is 5.76. The van der Waals surface area contributed by atoms with Gasteiger partial charge in [0.1, 0.15) is 0 Å². The first-order valence-corrected chi connectivity index (χ1v) is 3.81. The van der Waals surface area contributed by atoms with Crippen molar-refractivity contribution < 1.29 is 4.84 Å². The number of benzene rings is 1. The number of hydroxylamine groups is 1. The maximum Gasteiger partial charge on any atom is 0.0951 e. The van der Waals surface area contributed by atoms with Gasteiger partial charge in [-0.1, -0.05) is 18.2 Å². The van der Waals surface area contributed by atoms with Crippen molar-refractivity contribution in [3.63, 3.8) is 0 Å². The second kappa shape index (κ2) is 2.87. The Morgan fingerprint density at radius 3 is 2.83 bits per heavy atom. The van der Waals surface area contributed by atoms with Crippen LogP contribution in [0.15, 0.2) is 30.3 Å². The summed E-state index contributed by atoms with van der Waals surface area (Å²) in [5, 5.41) is 0. The average molecular weight is 162 g/mol. The molecule has 62 valence electrons. The van der Waals surface area contributed by atoms with Crippen LogP contribution in [-0.2, 0) is 4.84 Å². The van der Waals surface area contributed by atoms with Crippen LogP contribution in [0.3, 0.4) is 0 Å². The van der Waals surface area contributed by atoms with Crippen molar-refractivity contribution >= 4 is 11.4 Å². The van der Waals surface area contributed by atoms with Crippen molar-refractivity contribution in [2.24, 2.45) is 0 Å². The molecule has 3 nitrogen and oxygen atoms in total. The maximum absolute atomic E-state index is 5.76. The fourth-order valence-corrected chi connectivity index (χ4v) is 1.19. The second-order valence-electron chi connectivity index (χ2n) is 2.62. The average Bonchev–Trinajstić information content (AvgIpc) is 2.57. The van der Waals surface area contributed by atoms with Gasteiger partial charge in [0, 0.05) is 11.3 Å². The lowest BCUT2D eigenvalue weighted by molar-refractivity contribution is 0.121. The van der Waals surface area contributed by atoms with Gasteiger partial charge in [-0.25, -0.2) is 0 Å². The summed E-state index contributed by atoms with van der Waals surface area (Å²) in [6.45, 7) is 0.601. The van der Waals surface area contributed by atoms with Crippen molar-refractivity contribution in [2.45, 2.75) is 0 Å². The molecule has 0 bridgehead atoms. The molecule has 0 amide bonds. The van der Waals surface area contributed by atoms with Gasteiger partial charge in [-0.2, -0.15) is 0 Å². The summed E-state index contributed by atoms with van der Waals surface area (Å²) in [5.74, 6) is 0. The van der Waals surface area contributed by atoms with Crippen LogP contribution < -0.4 is 11.2 Å². The highest BCUT2D eigenvalue weighted by atomic mass is 16.6. The van der Waals surface area contributed by atoms with Gasteiger partial charge < -0.3 is 5.73 Å². The molecule has 0 radical (unpaired) electrons. The monoisotopic (exact) mass is 162 g/mol. The number of rotatable bonds is 1. The van der Waals surface area contributed by atoms with Crippen LogP contribution in [0.4, 0.5) is 5.69 Å². The van der Waals surface area contributed by atoms with Gasteiger partial charge in [-0.05, 0) is 12.1 Å². The Bertz CT molecular complexity index is 320. The standard InChI is InChI=1S/C9H10N2O/c10-8-4-2-1-3-7(8)9-5-6-12-11-9/h1-5,11H,6,10H2. The molecule has 0 saturated heterocycles. The summed E-state index contributed by atoms with van der Waals surface area (Å²) < 4.78 is 0. The van der Waals surface area contributed by atoms with Gasteiger partial charge in [0.25, 0.3) is 0 Å². The molecular weight excluding hydrogens is 152 g/mol. The minimum absolute atomic E-state index is 0.601. The van der Waals surface area contributed by atoms with Crippen LogP contribution in [0, 0.1) is 0 Å². The van der Waals surface area contributed by atoms with Crippen LogP contribution in [0.25, 0.3) is 5.70 Å². The Kier molecular flexibility index (Phi) is 1.72. The number of nitrogens with one attached hydrogen (secondary N) is 1. The number of nitrogen functional groups attached to an aromatic ring is 1. The molecule has 1 aromatic rings. The summed E-state index contributed by atoms with van der Waals surface area (Å²) in [5.41, 5.74) is 11.3. The van der Waals surface area contributed by atoms with Crippen LogP contribution >= 0.6 is 0 Å². The van der Waals surface area contributed by atoms with Crippen LogP contribution in [0.1, 0.15) is 5.56 Å². The molecule has 1 aliphatic heterocycles. The van der Waals surface area contributed by atoms with E-state index in [1.807, 2.05) is 30.3 Å². The molecule has 2 rings (SSSR count). The quantitative estimate of drug-likeness (QED) is 0.609. The summed E-state index contributed by atoms with van der Waals surface area (Å²) in [4.78, 5) is 4.97. The van der Waals surface area contributed by atoms with Gasteiger partial charge in [0.05, 0.1) is 12.3 Å². The third-order valence-electron chi connectivity index (χ3n) is 1.80. The molecule has 0 fully saturated rings. The normalized spacial score (nSPS) is 15.5. The van der Waals surface area contributed by atoms with E-state index in [0.29, 0.717) is 6.61 Å². The number of para-hydroxylation sites is 1. The molecule has 0 atom stereocenters. The molecule has 0 aliphatic carbocycles. The molecule has 0 spiro atoms. The molecule has 12 heavy (non-hydrogen) atoms. The Hall–Kier alpha value is -1.48. The fourth-order valence-electron chi connectivity index (χ4n) is 1.19. The molecule has 1 heterocycles. The van der Waals surface area contributed by atoms with E-state index in [0.717, 1.165) is 16.9 Å². The molecule has 3 N–H and O–H groups in total. The Morgan fingerprint density at radius 2 is 2.17 bits per heavy atom. The lowest BCUT2D eigenvalue weighted by Gasteiger charge is -2.05. The summed E-state index contributed by atoms with van der Waals surface area (Å²) in [7, 11) is 0. The van der Waals surface area contributed by atoms with E-state index in [9.17, 15) is 0 Å². The van der Waals surface area contributed by atoms with E-state index in [1.54, 1.807) is 0 Å².